The Morgan fingerprint density at radius 2 is 1.94 bits per heavy atom. The molecule has 0 saturated carbocycles. The molecular weight excluding hydrogens is 425 g/mol. The van der Waals surface area contributed by atoms with E-state index in [1.807, 2.05) is 13.8 Å². The second kappa shape index (κ2) is 9.97. The first kappa shape index (κ1) is 22.8. The molecule has 3 rings (SSSR count). The molecule has 3 atom stereocenters. The molecule has 2 N–H and O–H groups in total. The van der Waals surface area contributed by atoms with Crippen LogP contribution >= 0.6 is 11.3 Å². The van der Waals surface area contributed by atoms with Crippen molar-refractivity contribution in [1.29, 1.82) is 0 Å². The van der Waals surface area contributed by atoms with E-state index in [1.165, 1.54) is 23.5 Å². The average molecular weight is 450 g/mol. The molecule has 0 bridgehead atoms. The number of esters is 1. The van der Waals surface area contributed by atoms with Crippen molar-refractivity contribution in [2.75, 3.05) is 11.9 Å². The second-order valence-corrected chi connectivity index (χ2v) is 8.31. The molecule has 0 radical (unpaired) electrons. The lowest BCUT2D eigenvalue weighted by atomic mass is 10.0. The van der Waals surface area contributed by atoms with E-state index in [0.717, 1.165) is 5.56 Å². The van der Waals surface area contributed by atoms with Crippen LogP contribution < -0.4 is 10.6 Å². The highest BCUT2D eigenvalue weighted by Gasteiger charge is 2.52. The Bertz CT molecular complexity index is 947. The normalized spacial score (nSPS) is 18.4. The minimum Gasteiger partial charge on any atom is -0.464 e. The van der Waals surface area contributed by atoms with Gasteiger partial charge in [0.1, 0.15) is 11.9 Å². The lowest BCUT2D eigenvalue weighted by Crippen LogP contribution is -2.46. The largest absolute Gasteiger partial charge is 0.464 e. The third-order valence-corrected chi connectivity index (χ3v) is 5.24. The summed E-state index contributed by atoms with van der Waals surface area (Å²) in [5.74, 6) is -1.77. The van der Waals surface area contributed by atoms with E-state index in [2.05, 4.69) is 15.6 Å². The molecular formula is C21H24FN3O5S. The molecule has 31 heavy (non-hydrogen) atoms. The van der Waals surface area contributed by atoms with Gasteiger partial charge in [-0.3, -0.25) is 9.59 Å². The fourth-order valence-corrected chi connectivity index (χ4v) is 3.67. The molecule has 1 aromatic carbocycles. The van der Waals surface area contributed by atoms with Crippen molar-refractivity contribution in [1.82, 2.24) is 10.3 Å². The van der Waals surface area contributed by atoms with Gasteiger partial charge in [0.2, 0.25) is 5.91 Å². The number of halogens is 1. The number of aromatic nitrogens is 1. The molecule has 10 heteroatoms. The number of hydrogen-bond donors (Lipinski definition) is 2. The van der Waals surface area contributed by atoms with Gasteiger partial charge in [-0.15, -0.1) is 11.3 Å². The number of hydrogen-bond acceptors (Lipinski definition) is 7. The standard InChI is InChI=1S/C21H24FN3O5S/c1-4-29-20(28)17-16(30-17)19(27)23-14(9-11(2)3)18(26)25-21-24-15(10-31-21)12-5-7-13(22)8-6-12/h5-8,10-11,14,16-17H,4,9H2,1-3H3,(H,23,27)(H,24,25,26)/t14-,16-,17-/m0/s1. The van der Waals surface area contributed by atoms with Crippen molar-refractivity contribution >= 4 is 34.3 Å². The van der Waals surface area contributed by atoms with E-state index < -0.39 is 36.0 Å². The zero-order chi connectivity index (χ0) is 22.5. The van der Waals surface area contributed by atoms with Gasteiger partial charge in [0.15, 0.2) is 17.3 Å². The summed E-state index contributed by atoms with van der Waals surface area (Å²) in [6, 6.07) is 5.06. The monoisotopic (exact) mass is 449 g/mol. The Balaban J connectivity index is 1.62. The van der Waals surface area contributed by atoms with E-state index in [4.69, 9.17) is 9.47 Å². The summed E-state index contributed by atoms with van der Waals surface area (Å²) in [5.41, 5.74) is 1.33. The molecule has 2 heterocycles. The first-order chi connectivity index (χ1) is 14.8. The number of amides is 2. The number of epoxide rings is 1. The number of ether oxygens (including phenoxy) is 2. The highest BCUT2D eigenvalue weighted by molar-refractivity contribution is 7.14. The van der Waals surface area contributed by atoms with Crippen molar-refractivity contribution < 1.29 is 28.2 Å². The second-order valence-electron chi connectivity index (χ2n) is 7.45. The Morgan fingerprint density at radius 3 is 2.58 bits per heavy atom. The molecule has 0 aliphatic carbocycles. The number of benzene rings is 1. The number of thiazole rings is 1. The molecule has 0 spiro atoms. The molecule has 1 aromatic heterocycles. The van der Waals surface area contributed by atoms with E-state index >= 15 is 0 Å². The van der Waals surface area contributed by atoms with Crippen LogP contribution in [-0.2, 0) is 23.9 Å². The highest BCUT2D eigenvalue weighted by Crippen LogP contribution is 2.26. The van der Waals surface area contributed by atoms with Gasteiger partial charge in [0, 0.05) is 10.9 Å². The molecule has 166 valence electrons. The van der Waals surface area contributed by atoms with Crippen LogP contribution in [0, 0.1) is 11.7 Å². The van der Waals surface area contributed by atoms with Crippen LogP contribution in [-0.4, -0.2) is 47.6 Å². The van der Waals surface area contributed by atoms with Crippen LogP contribution in [0.3, 0.4) is 0 Å². The lowest BCUT2D eigenvalue weighted by molar-refractivity contribution is -0.144. The van der Waals surface area contributed by atoms with Gasteiger partial charge in [0.05, 0.1) is 12.3 Å². The molecule has 1 fully saturated rings. The van der Waals surface area contributed by atoms with Gasteiger partial charge in [-0.05, 0) is 43.5 Å². The Hall–Kier alpha value is -2.85. The summed E-state index contributed by atoms with van der Waals surface area (Å²) in [6.45, 7) is 5.71. The van der Waals surface area contributed by atoms with Gasteiger partial charge in [0.25, 0.3) is 5.91 Å². The molecule has 0 unspecified atom stereocenters. The topological polar surface area (TPSA) is 110 Å². The van der Waals surface area contributed by atoms with Crippen LogP contribution in [0.4, 0.5) is 9.52 Å². The number of nitrogens with one attached hydrogen (secondary N) is 2. The van der Waals surface area contributed by atoms with E-state index in [-0.39, 0.29) is 18.3 Å². The molecule has 2 amide bonds. The SMILES string of the molecule is CCOC(=O)[C@H]1O[C@@H]1C(=O)N[C@@H](CC(C)C)C(=O)Nc1nc(-c2ccc(F)cc2)cs1. The fourth-order valence-electron chi connectivity index (χ4n) is 2.95. The maximum Gasteiger partial charge on any atom is 0.338 e. The van der Waals surface area contributed by atoms with Gasteiger partial charge in [-0.2, -0.15) is 0 Å². The quantitative estimate of drug-likeness (QED) is 0.450. The Labute approximate surface area is 183 Å². The van der Waals surface area contributed by atoms with Crippen LogP contribution in [0.15, 0.2) is 29.6 Å². The van der Waals surface area contributed by atoms with E-state index in [0.29, 0.717) is 17.2 Å². The molecule has 8 nitrogen and oxygen atoms in total. The van der Waals surface area contributed by atoms with Crippen LogP contribution in [0.25, 0.3) is 11.3 Å². The first-order valence-electron chi connectivity index (χ1n) is 9.93. The van der Waals surface area contributed by atoms with Crippen molar-refractivity contribution in [2.45, 2.75) is 45.4 Å². The Kier molecular flexibility index (Phi) is 7.34. The van der Waals surface area contributed by atoms with Crippen molar-refractivity contribution in [3.8, 4) is 11.3 Å². The maximum absolute atomic E-state index is 13.1. The van der Waals surface area contributed by atoms with E-state index in [9.17, 15) is 18.8 Å². The zero-order valence-electron chi connectivity index (χ0n) is 17.4. The summed E-state index contributed by atoms with van der Waals surface area (Å²) in [6.07, 6.45) is -1.49. The highest BCUT2D eigenvalue weighted by atomic mass is 32.1. The number of carbonyl (C=O) groups is 3. The van der Waals surface area contributed by atoms with Gasteiger partial charge in [-0.25, -0.2) is 14.2 Å². The average Bonchev–Trinajstić information content (AvgIpc) is 3.40. The van der Waals surface area contributed by atoms with Crippen molar-refractivity contribution in [3.63, 3.8) is 0 Å². The lowest BCUT2D eigenvalue weighted by Gasteiger charge is -2.19. The number of anilines is 1. The molecule has 1 saturated heterocycles. The molecule has 1 aliphatic rings. The predicted octanol–water partition coefficient (Wildman–Crippen LogP) is 2.75. The Morgan fingerprint density at radius 1 is 1.23 bits per heavy atom. The van der Waals surface area contributed by atoms with Crippen molar-refractivity contribution in [2.24, 2.45) is 5.92 Å². The summed E-state index contributed by atoms with van der Waals surface area (Å²) in [4.78, 5) is 41.2. The molecule has 1 aliphatic heterocycles. The van der Waals surface area contributed by atoms with Crippen molar-refractivity contribution in [3.05, 3.63) is 35.5 Å². The summed E-state index contributed by atoms with van der Waals surface area (Å²) < 4.78 is 23.0. The maximum atomic E-state index is 13.1. The van der Waals surface area contributed by atoms with Crippen LogP contribution in [0.1, 0.15) is 27.2 Å². The fraction of sp³-hybridized carbons (Fsp3) is 0.429. The summed E-state index contributed by atoms with van der Waals surface area (Å²) in [7, 11) is 0. The first-order valence-corrected chi connectivity index (χ1v) is 10.8. The number of nitrogens with zero attached hydrogens (tertiary/aromatic N) is 1. The van der Waals surface area contributed by atoms with Gasteiger partial charge < -0.3 is 20.1 Å². The predicted molar refractivity (Wildman–Crippen MR) is 113 cm³/mol. The smallest absolute Gasteiger partial charge is 0.338 e. The zero-order valence-corrected chi connectivity index (χ0v) is 18.2. The third-order valence-electron chi connectivity index (χ3n) is 4.48. The van der Waals surface area contributed by atoms with Crippen LogP contribution in [0.5, 0.6) is 0 Å². The number of carbonyl (C=O) groups excluding carboxylic acids is 3. The van der Waals surface area contributed by atoms with E-state index in [1.54, 1.807) is 24.4 Å². The van der Waals surface area contributed by atoms with Crippen LogP contribution in [0.2, 0.25) is 0 Å². The summed E-state index contributed by atoms with van der Waals surface area (Å²) in [5, 5.41) is 7.48. The number of rotatable bonds is 9. The minimum absolute atomic E-state index is 0.128. The molecule has 2 aromatic rings. The minimum atomic E-state index is -0.952. The third kappa shape index (κ3) is 6.08. The van der Waals surface area contributed by atoms with Gasteiger partial charge in [-0.1, -0.05) is 13.8 Å². The summed E-state index contributed by atoms with van der Waals surface area (Å²) >= 11 is 1.23. The van der Waals surface area contributed by atoms with Gasteiger partial charge >= 0.3 is 5.97 Å².